The fraction of sp³-hybridized carbons (Fsp3) is 0.562. The van der Waals surface area contributed by atoms with Crippen LogP contribution in [0.15, 0.2) is 30.3 Å². The number of hydrogen-bond donors (Lipinski definition) is 0. The van der Waals surface area contributed by atoms with E-state index in [1.165, 1.54) is 12.0 Å². The number of likely N-dealkylation sites (tertiary alicyclic amines) is 1. The smallest absolute Gasteiger partial charge is 0.104 e. The van der Waals surface area contributed by atoms with E-state index >= 15 is 0 Å². The van der Waals surface area contributed by atoms with Crippen LogP contribution in [0.3, 0.4) is 0 Å². The van der Waals surface area contributed by atoms with Gasteiger partial charge in [-0.05, 0) is 44.0 Å². The Morgan fingerprint density at radius 2 is 1.95 bits per heavy atom. The number of piperidine rings is 1. The summed E-state index contributed by atoms with van der Waals surface area (Å²) in [4.78, 5) is 2.51. The monoisotopic (exact) mass is 274 g/mol. The molecule has 1 aromatic carbocycles. The second-order valence-corrected chi connectivity index (χ2v) is 6.43. The molecule has 0 amide bonds. The van der Waals surface area contributed by atoms with Gasteiger partial charge in [-0.2, -0.15) is 5.26 Å². The summed E-state index contributed by atoms with van der Waals surface area (Å²) in [5, 5.41) is 9.26. The summed E-state index contributed by atoms with van der Waals surface area (Å²) in [6.07, 6.45) is 6.45. The molecule has 0 unspecified atom stereocenters. The fourth-order valence-electron chi connectivity index (χ4n) is 2.65. The Labute approximate surface area is 120 Å². The zero-order valence-corrected chi connectivity index (χ0v) is 12.5. The van der Waals surface area contributed by atoms with Crippen molar-refractivity contribution in [1.82, 2.24) is 4.90 Å². The van der Waals surface area contributed by atoms with Crippen LogP contribution in [0, 0.1) is 11.3 Å². The molecule has 1 saturated heterocycles. The molecule has 0 radical (unpaired) electrons. The van der Waals surface area contributed by atoms with Gasteiger partial charge in [0.2, 0.25) is 0 Å². The van der Waals surface area contributed by atoms with Crippen LogP contribution in [0.25, 0.3) is 0 Å². The number of nitriles is 1. The van der Waals surface area contributed by atoms with E-state index in [9.17, 15) is 5.26 Å². The standard InChI is InChI=1S/C16H22N2S/c1-19-16(14-17)9-12-18(13-10-16)11-5-8-15-6-3-2-4-7-15/h2-4,6-7H,5,8-13H2,1H3. The van der Waals surface area contributed by atoms with Crippen LogP contribution in [0.2, 0.25) is 0 Å². The lowest BCUT2D eigenvalue weighted by molar-refractivity contribution is 0.215. The number of benzene rings is 1. The molecule has 3 heteroatoms. The lowest BCUT2D eigenvalue weighted by Gasteiger charge is -2.36. The Morgan fingerprint density at radius 3 is 2.53 bits per heavy atom. The molecule has 0 N–H and O–H groups in total. The molecule has 0 saturated carbocycles. The lowest BCUT2D eigenvalue weighted by Crippen LogP contribution is -2.41. The van der Waals surface area contributed by atoms with E-state index in [1.807, 2.05) is 0 Å². The van der Waals surface area contributed by atoms with Crippen LogP contribution >= 0.6 is 11.8 Å². The minimum atomic E-state index is -0.115. The minimum Gasteiger partial charge on any atom is -0.303 e. The quantitative estimate of drug-likeness (QED) is 0.824. The van der Waals surface area contributed by atoms with Gasteiger partial charge in [-0.3, -0.25) is 0 Å². The summed E-state index contributed by atoms with van der Waals surface area (Å²) >= 11 is 1.73. The third-order valence-electron chi connectivity index (χ3n) is 4.04. The molecular weight excluding hydrogens is 252 g/mol. The largest absolute Gasteiger partial charge is 0.303 e. The number of nitrogens with zero attached hydrogens (tertiary/aromatic N) is 2. The maximum absolute atomic E-state index is 9.26. The van der Waals surface area contributed by atoms with Crippen LogP contribution in [0.5, 0.6) is 0 Å². The molecule has 1 aromatic rings. The second kappa shape index (κ2) is 6.98. The van der Waals surface area contributed by atoms with E-state index < -0.39 is 0 Å². The normalized spacial score (nSPS) is 18.9. The second-order valence-electron chi connectivity index (χ2n) is 5.24. The van der Waals surface area contributed by atoms with Gasteiger partial charge in [0.25, 0.3) is 0 Å². The van der Waals surface area contributed by atoms with Crippen molar-refractivity contribution in [1.29, 1.82) is 5.26 Å². The van der Waals surface area contributed by atoms with Crippen molar-refractivity contribution in [3.8, 4) is 6.07 Å². The molecule has 1 heterocycles. The molecule has 0 aromatic heterocycles. The first-order chi connectivity index (χ1) is 9.28. The number of thioether (sulfide) groups is 1. The highest BCUT2D eigenvalue weighted by Gasteiger charge is 2.33. The average Bonchev–Trinajstić information content (AvgIpc) is 2.49. The van der Waals surface area contributed by atoms with Gasteiger partial charge in [-0.25, -0.2) is 0 Å². The Morgan fingerprint density at radius 1 is 1.26 bits per heavy atom. The van der Waals surface area contributed by atoms with Crippen molar-refractivity contribution in [3.05, 3.63) is 35.9 Å². The van der Waals surface area contributed by atoms with E-state index in [4.69, 9.17) is 0 Å². The Hall–Kier alpha value is -0.980. The minimum absolute atomic E-state index is 0.115. The maximum atomic E-state index is 9.26. The molecule has 2 rings (SSSR count). The number of rotatable bonds is 5. The number of aryl methyl sites for hydroxylation is 1. The van der Waals surface area contributed by atoms with E-state index in [1.54, 1.807) is 11.8 Å². The van der Waals surface area contributed by atoms with Crippen molar-refractivity contribution >= 4 is 11.8 Å². The zero-order chi connectivity index (χ0) is 13.6. The third kappa shape index (κ3) is 3.99. The molecule has 1 aliphatic heterocycles. The fourth-order valence-corrected chi connectivity index (χ4v) is 3.33. The molecule has 0 atom stereocenters. The van der Waals surface area contributed by atoms with E-state index in [0.717, 1.165) is 38.9 Å². The van der Waals surface area contributed by atoms with Crippen molar-refractivity contribution in [2.45, 2.75) is 30.4 Å². The number of hydrogen-bond acceptors (Lipinski definition) is 3. The van der Waals surface area contributed by atoms with Crippen molar-refractivity contribution in [3.63, 3.8) is 0 Å². The van der Waals surface area contributed by atoms with Crippen molar-refractivity contribution in [2.75, 3.05) is 25.9 Å². The summed E-state index contributed by atoms with van der Waals surface area (Å²) < 4.78 is -0.115. The summed E-state index contributed by atoms with van der Waals surface area (Å²) in [6, 6.07) is 13.2. The first kappa shape index (κ1) is 14.4. The highest BCUT2D eigenvalue weighted by Crippen LogP contribution is 2.33. The molecule has 0 aliphatic carbocycles. The topological polar surface area (TPSA) is 27.0 Å². The van der Waals surface area contributed by atoms with Crippen molar-refractivity contribution in [2.24, 2.45) is 0 Å². The molecule has 1 fully saturated rings. The summed E-state index contributed by atoms with van der Waals surface area (Å²) in [6.45, 7) is 3.30. The Kier molecular flexibility index (Phi) is 5.30. The molecule has 1 aliphatic rings. The zero-order valence-electron chi connectivity index (χ0n) is 11.6. The Balaban J connectivity index is 1.71. The van der Waals surface area contributed by atoms with Crippen LogP contribution in [0.1, 0.15) is 24.8 Å². The van der Waals surface area contributed by atoms with Crippen molar-refractivity contribution < 1.29 is 0 Å². The predicted octanol–water partition coefficient (Wildman–Crippen LogP) is 3.34. The van der Waals surface area contributed by atoms with Crippen LogP contribution in [0.4, 0.5) is 0 Å². The Bertz CT molecular complexity index is 416. The van der Waals surface area contributed by atoms with E-state index in [0.29, 0.717) is 0 Å². The lowest BCUT2D eigenvalue weighted by atomic mass is 9.97. The first-order valence-electron chi connectivity index (χ1n) is 7.01. The van der Waals surface area contributed by atoms with Gasteiger partial charge in [0.05, 0.1) is 6.07 Å². The van der Waals surface area contributed by atoms with Crippen LogP contribution < -0.4 is 0 Å². The van der Waals surface area contributed by atoms with Crippen LogP contribution in [-0.4, -0.2) is 35.5 Å². The SMILES string of the molecule is CSC1(C#N)CCN(CCCc2ccccc2)CC1. The van der Waals surface area contributed by atoms with E-state index in [-0.39, 0.29) is 4.75 Å². The van der Waals surface area contributed by atoms with E-state index in [2.05, 4.69) is 47.6 Å². The summed E-state index contributed by atoms with van der Waals surface area (Å²) in [5.41, 5.74) is 1.43. The summed E-state index contributed by atoms with van der Waals surface area (Å²) in [5.74, 6) is 0. The first-order valence-corrected chi connectivity index (χ1v) is 8.23. The van der Waals surface area contributed by atoms with Gasteiger partial charge in [0, 0.05) is 13.1 Å². The molecule has 0 spiro atoms. The molecule has 19 heavy (non-hydrogen) atoms. The highest BCUT2D eigenvalue weighted by atomic mass is 32.2. The molecule has 0 bridgehead atoms. The van der Waals surface area contributed by atoms with Crippen LogP contribution in [-0.2, 0) is 6.42 Å². The molecule has 102 valence electrons. The van der Waals surface area contributed by atoms with Gasteiger partial charge >= 0.3 is 0 Å². The molecular formula is C16H22N2S. The maximum Gasteiger partial charge on any atom is 0.104 e. The van der Waals surface area contributed by atoms with Gasteiger partial charge in [0.1, 0.15) is 4.75 Å². The van der Waals surface area contributed by atoms with Gasteiger partial charge in [-0.15, -0.1) is 11.8 Å². The van der Waals surface area contributed by atoms with Gasteiger partial charge in [-0.1, -0.05) is 30.3 Å². The summed E-state index contributed by atoms with van der Waals surface area (Å²) in [7, 11) is 0. The average molecular weight is 274 g/mol. The third-order valence-corrected chi connectivity index (χ3v) is 5.32. The predicted molar refractivity (Wildman–Crippen MR) is 82.3 cm³/mol. The van der Waals surface area contributed by atoms with Gasteiger partial charge in [0.15, 0.2) is 0 Å². The highest BCUT2D eigenvalue weighted by molar-refractivity contribution is 8.00. The van der Waals surface area contributed by atoms with Gasteiger partial charge < -0.3 is 4.90 Å². The molecule has 2 nitrogen and oxygen atoms in total.